The number of nitrogens with one attached hydrogen (secondary N) is 3. The molecule has 0 aliphatic rings. The van der Waals surface area contributed by atoms with Crippen LogP contribution in [0.5, 0.6) is 12.0 Å². The summed E-state index contributed by atoms with van der Waals surface area (Å²) < 4.78 is 70.7. The van der Waals surface area contributed by atoms with Gasteiger partial charge in [0.05, 0.1) is 31.8 Å². The number of rotatable bonds is 10. The Bertz CT molecular complexity index is 1850. The van der Waals surface area contributed by atoms with Crippen LogP contribution in [0, 0.1) is 0 Å². The zero-order chi connectivity index (χ0) is 31.0. The quantitative estimate of drug-likeness (QED) is 0.100. The fourth-order valence-corrected chi connectivity index (χ4v) is 5.84. The minimum Gasteiger partial charge on any atom is -0.467 e. The molecule has 0 amide bonds. The molecule has 224 valence electrons. The van der Waals surface area contributed by atoms with E-state index in [4.69, 9.17) is 9.47 Å². The molecule has 0 atom stereocenters. The summed E-state index contributed by atoms with van der Waals surface area (Å²) in [4.78, 5) is 25.3. The number of ether oxygens (including phenoxy) is 3. The van der Waals surface area contributed by atoms with Crippen LogP contribution < -0.4 is 24.3 Å². The summed E-state index contributed by atoms with van der Waals surface area (Å²) in [5.74, 6) is -1.89. The van der Waals surface area contributed by atoms with Crippen LogP contribution in [0.1, 0.15) is 10.4 Å². The van der Waals surface area contributed by atoms with Crippen molar-refractivity contribution in [2.24, 2.45) is 5.10 Å². The van der Waals surface area contributed by atoms with Crippen LogP contribution in [-0.2, 0) is 24.8 Å². The van der Waals surface area contributed by atoms with E-state index < -0.39 is 36.9 Å². The first-order valence-electron chi connectivity index (χ1n) is 12.1. The maximum Gasteiger partial charge on any atom is 0.339 e. The van der Waals surface area contributed by atoms with Crippen molar-refractivity contribution in [2.75, 3.05) is 26.6 Å². The first-order valence-corrected chi connectivity index (χ1v) is 15.1. The number of carbonyl (C=O) groups excluding carboxylic acids is 1. The molecule has 4 rings (SSSR count). The summed E-state index contributed by atoms with van der Waals surface area (Å²) in [6.45, 7) is 0. The summed E-state index contributed by atoms with van der Waals surface area (Å²) in [7, 11) is -5.32. The van der Waals surface area contributed by atoms with Crippen molar-refractivity contribution in [2.45, 2.75) is 9.79 Å². The molecule has 0 fully saturated rings. The molecule has 0 unspecified atom stereocenters. The summed E-state index contributed by atoms with van der Waals surface area (Å²) in [6.07, 6.45) is 0. The molecule has 0 aliphatic heterocycles. The van der Waals surface area contributed by atoms with E-state index in [1.165, 1.54) is 44.6 Å². The molecule has 1 aromatic heterocycles. The third-order valence-corrected chi connectivity index (χ3v) is 8.21. The van der Waals surface area contributed by atoms with Crippen molar-refractivity contribution in [1.82, 2.24) is 24.5 Å². The fourth-order valence-electron chi connectivity index (χ4n) is 3.63. The molecule has 4 aromatic rings. The zero-order valence-electron chi connectivity index (χ0n) is 22.9. The number of hydrogen-bond acceptors (Lipinski definition) is 12. The Labute approximate surface area is 247 Å². The Morgan fingerprint density at radius 1 is 0.721 bits per heavy atom. The summed E-state index contributed by atoms with van der Waals surface area (Å²) >= 11 is 0. The molecule has 0 saturated heterocycles. The van der Waals surface area contributed by atoms with Gasteiger partial charge < -0.3 is 14.2 Å². The number of nitrogens with zero attached hydrogens (tertiary/aromatic N) is 4. The minimum atomic E-state index is -4.55. The largest absolute Gasteiger partial charge is 0.467 e. The van der Waals surface area contributed by atoms with Gasteiger partial charge in [0.15, 0.2) is 0 Å². The van der Waals surface area contributed by atoms with Crippen molar-refractivity contribution in [3.63, 3.8) is 0 Å². The number of guanidine groups is 1. The van der Waals surface area contributed by atoms with Crippen LogP contribution in [-0.4, -0.2) is 65.0 Å². The molecule has 17 heteroatoms. The second-order valence-electron chi connectivity index (χ2n) is 8.27. The number of hydrazone groups is 1. The Kier molecular flexibility index (Phi) is 9.36. The topological polar surface area (TPSA) is 200 Å². The fraction of sp³-hybridized carbons (Fsp3) is 0.115. The number of anilines is 1. The Morgan fingerprint density at radius 2 is 1.30 bits per heavy atom. The number of sulfonamides is 2. The summed E-state index contributed by atoms with van der Waals surface area (Å²) in [5, 5.41) is 6.27. The normalized spacial score (nSPS) is 11.7. The van der Waals surface area contributed by atoms with Crippen molar-refractivity contribution in [3.8, 4) is 23.1 Å². The molecule has 3 N–H and O–H groups in total. The second-order valence-corrected chi connectivity index (χ2v) is 11.5. The minimum absolute atomic E-state index is 0.139. The molecule has 0 radical (unpaired) electrons. The predicted octanol–water partition coefficient (Wildman–Crippen LogP) is 1.98. The van der Waals surface area contributed by atoms with Gasteiger partial charge in [-0.3, -0.25) is 5.32 Å². The highest BCUT2D eigenvalue weighted by atomic mass is 32.2. The van der Waals surface area contributed by atoms with E-state index in [0.29, 0.717) is 11.1 Å². The number of esters is 1. The molecular weight excluding hydrogens is 602 g/mol. The summed E-state index contributed by atoms with van der Waals surface area (Å²) in [5.41, 5.74) is 0.708. The van der Waals surface area contributed by atoms with Crippen LogP contribution in [0.3, 0.4) is 0 Å². The first-order chi connectivity index (χ1) is 20.6. The van der Waals surface area contributed by atoms with Gasteiger partial charge in [-0.15, -0.1) is 10.1 Å². The van der Waals surface area contributed by atoms with E-state index in [0.717, 1.165) is 13.2 Å². The Balaban J connectivity index is 1.77. The molecule has 0 bridgehead atoms. The molecule has 15 nitrogen and oxygen atoms in total. The lowest BCUT2D eigenvalue weighted by Gasteiger charge is -2.15. The first kappa shape index (κ1) is 30.7. The number of hydrogen-bond donors (Lipinski definition) is 3. The molecule has 3 aromatic carbocycles. The van der Waals surface area contributed by atoms with Gasteiger partial charge in [-0.05, 0) is 23.8 Å². The molecule has 0 spiro atoms. The van der Waals surface area contributed by atoms with E-state index in [1.807, 2.05) is 4.83 Å². The highest BCUT2D eigenvalue weighted by Gasteiger charge is 2.25. The second kappa shape index (κ2) is 13.1. The van der Waals surface area contributed by atoms with Crippen molar-refractivity contribution in [1.29, 1.82) is 0 Å². The molecular formula is C26H25N7O8S2. The average Bonchev–Trinajstić information content (AvgIpc) is 3.03. The van der Waals surface area contributed by atoms with Crippen LogP contribution >= 0.6 is 0 Å². The zero-order valence-corrected chi connectivity index (χ0v) is 24.5. The molecule has 43 heavy (non-hydrogen) atoms. The number of methoxy groups -OCH3 is 3. The Hall–Kier alpha value is -5.29. The maximum atomic E-state index is 13.7. The lowest BCUT2D eigenvalue weighted by atomic mass is 10.1. The number of carbonyl (C=O) groups is 1. The van der Waals surface area contributed by atoms with Gasteiger partial charge in [0, 0.05) is 5.56 Å². The van der Waals surface area contributed by atoms with Crippen LogP contribution in [0.2, 0.25) is 0 Å². The maximum absolute atomic E-state index is 13.7. The van der Waals surface area contributed by atoms with Gasteiger partial charge in [0.2, 0.25) is 11.9 Å². The lowest BCUT2D eigenvalue weighted by Crippen LogP contribution is -2.39. The third kappa shape index (κ3) is 7.32. The van der Waals surface area contributed by atoms with Gasteiger partial charge in [0.1, 0.15) is 4.90 Å². The Morgan fingerprint density at radius 3 is 1.93 bits per heavy atom. The highest BCUT2D eigenvalue weighted by Crippen LogP contribution is 2.27. The molecule has 1 heterocycles. The van der Waals surface area contributed by atoms with Gasteiger partial charge in [-0.2, -0.15) is 23.2 Å². The molecule has 0 saturated carbocycles. The standard InChI is InChI=1S/C26H25N7O8S2/c1-39-22(34)19-14-8-10-16-21(19)43(37,38)33-31-24(27-23-28-25(40-2)30-26(29-23)41-3)32-42(35,36)20-15-9-7-13-18(20)17-11-5-4-6-12-17/h4-16,33H,1-3H3,(H2,27,28,29,30,31,32). The van der Waals surface area contributed by atoms with E-state index in [1.54, 1.807) is 42.5 Å². The van der Waals surface area contributed by atoms with Gasteiger partial charge >= 0.3 is 18.0 Å². The third-order valence-electron chi connectivity index (χ3n) is 5.54. The van der Waals surface area contributed by atoms with Crippen molar-refractivity contribution in [3.05, 3.63) is 84.4 Å². The molecule has 0 aliphatic carbocycles. The van der Waals surface area contributed by atoms with Crippen molar-refractivity contribution >= 4 is 37.9 Å². The predicted molar refractivity (Wildman–Crippen MR) is 154 cm³/mol. The smallest absolute Gasteiger partial charge is 0.339 e. The highest BCUT2D eigenvalue weighted by molar-refractivity contribution is 7.90. The van der Waals surface area contributed by atoms with Crippen molar-refractivity contribution < 1.29 is 35.8 Å². The number of benzene rings is 3. The summed E-state index contributed by atoms with van der Waals surface area (Å²) in [6, 6.07) is 19.8. The van der Waals surface area contributed by atoms with E-state index in [-0.39, 0.29) is 28.4 Å². The SMILES string of the molecule is COC(=O)c1ccccc1S(=O)(=O)NN=C(Nc1nc(OC)nc(OC)n1)NS(=O)(=O)c1ccccc1-c1ccccc1. The average molecular weight is 628 g/mol. The van der Waals surface area contributed by atoms with E-state index >= 15 is 0 Å². The van der Waals surface area contributed by atoms with Crippen LogP contribution in [0.25, 0.3) is 11.1 Å². The van der Waals surface area contributed by atoms with Crippen LogP contribution in [0.15, 0.2) is 93.8 Å². The monoisotopic (exact) mass is 627 g/mol. The number of aromatic nitrogens is 3. The van der Waals surface area contributed by atoms with Gasteiger partial charge in [-0.25, -0.2) is 17.9 Å². The van der Waals surface area contributed by atoms with E-state index in [9.17, 15) is 21.6 Å². The van der Waals surface area contributed by atoms with Gasteiger partial charge in [-0.1, -0.05) is 60.7 Å². The van der Waals surface area contributed by atoms with Gasteiger partial charge in [0.25, 0.3) is 20.0 Å². The van der Waals surface area contributed by atoms with E-state index in [2.05, 4.69) is 34.8 Å². The van der Waals surface area contributed by atoms with Crippen LogP contribution in [0.4, 0.5) is 5.95 Å². The lowest BCUT2D eigenvalue weighted by molar-refractivity contribution is 0.0596.